The number of imidazole rings is 1. The van der Waals surface area contributed by atoms with Crippen LogP contribution in [0, 0.1) is 0 Å². The molecule has 1 aromatic carbocycles. The van der Waals surface area contributed by atoms with Crippen LogP contribution in [0.1, 0.15) is 19.4 Å². The van der Waals surface area contributed by atoms with Crippen molar-refractivity contribution in [1.29, 1.82) is 0 Å². The number of pyridine rings is 2. The van der Waals surface area contributed by atoms with Crippen LogP contribution in [0.15, 0.2) is 67.9 Å². The van der Waals surface area contributed by atoms with E-state index in [2.05, 4.69) is 45.5 Å². The third kappa shape index (κ3) is 3.80. The Balaban J connectivity index is 1.45. The molecule has 0 bridgehead atoms. The number of aromatic nitrogens is 4. The number of thiol groups is 1. The van der Waals surface area contributed by atoms with Gasteiger partial charge in [-0.1, -0.05) is 30.8 Å². The maximum atomic E-state index is 11.4. The second-order valence-corrected chi connectivity index (χ2v) is 10.9. The Hall–Kier alpha value is -3.10. The standard InChI is InChI=1S/C26H24B4N6OS/c1-15(34-21-10-19-9-17(5-6-18(19)12-33-21)20-13-31-14-35(20)4)16-7-8-32-22(11-16)36-24(3,37)23(2,27)25(28,29)26(36,30)38/h5-14,37-38H,1H2,2-4H3,(H,33,34). The normalized spacial score (nSPS) is 26.5. The molecule has 8 radical (unpaired) electrons. The van der Waals surface area contributed by atoms with Gasteiger partial charge >= 0.3 is 0 Å². The van der Waals surface area contributed by atoms with Gasteiger partial charge in [0.15, 0.2) is 0 Å². The average Bonchev–Trinajstić information content (AvgIpc) is 3.31. The molecule has 1 aliphatic heterocycles. The fraction of sp³-hybridized carbons (Fsp3) is 0.269. The molecule has 4 aromatic rings. The second-order valence-electron chi connectivity index (χ2n) is 10.2. The van der Waals surface area contributed by atoms with Gasteiger partial charge in [0.05, 0.1) is 41.8 Å². The zero-order chi connectivity index (χ0) is 27.7. The number of hydrogen-bond acceptors (Lipinski definition) is 7. The quantitative estimate of drug-likeness (QED) is 0.282. The van der Waals surface area contributed by atoms with Crippen molar-refractivity contribution in [2.45, 2.75) is 34.9 Å². The molecule has 1 fully saturated rings. The fourth-order valence-electron chi connectivity index (χ4n) is 4.88. The summed E-state index contributed by atoms with van der Waals surface area (Å²) in [4.78, 5) is 14.5. The summed E-state index contributed by atoms with van der Waals surface area (Å²) in [6, 6.07) is 11.6. The molecule has 0 amide bonds. The first-order valence-electron chi connectivity index (χ1n) is 11.9. The number of aliphatic hydroxyl groups is 1. The van der Waals surface area contributed by atoms with Gasteiger partial charge in [-0.2, -0.15) is 12.6 Å². The van der Waals surface area contributed by atoms with Gasteiger partial charge in [0.2, 0.25) is 0 Å². The molecule has 0 aliphatic carbocycles. The molecule has 4 heterocycles. The van der Waals surface area contributed by atoms with Gasteiger partial charge in [-0.15, -0.1) is 0 Å². The zero-order valence-corrected chi connectivity index (χ0v) is 22.3. The highest BCUT2D eigenvalue weighted by atomic mass is 32.1. The van der Waals surface area contributed by atoms with Crippen LogP contribution in [-0.2, 0) is 7.05 Å². The summed E-state index contributed by atoms with van der Waals surface area (Å²) < 4.78 is 0.238. The van der Waals surface area contributed by atoms with Crippen molar-refractivity contribution in [3.05, 3.63) is 73.5 Å². The molecule has 12 heteroatoms. The van der Waals surface area contributed by atoms with Gasteiger partial charge in [0.1, 0.15) is 25.2 Å². The number of hydrogen-bond donors (Lipinski definition) is 3. The van der Waals surface area contributed by atoms with E-state index in [1.54, 1.807) is 30.9 Å². The first kappa shape index (κ1) is 26.5. The summed E-state index contributed by atoms with van der Waals surface area (Å²) >= 11 is 4.52. The fourth-order valence-corrected chi connectivity index (χ4v) is 5.41. The molecule has 7 nitrogen and oxygen atoms in total. The summed E-state index contributed by atoms with van der Waals surface area (Å²) in [5, 5.41) is 13.3. The predicted octanol–water partition coefficient (Wildman–Crippen LogP) is 3.19. The first-order chi connectivity index (χ1) is 17.7. The van der Waals surface area contributed by atoms with Crippen LogP contribution in [0.4, 0.5) is 11.6 Å². The lowest BCUT2D eigenvalue weighted by molar-refractivity contribution is 0.0365. The minimum Gasteiger partial charge on any atom is -0.371 e. The van der Waals surface area contributed by atoms with Gasteiger partial charge in [-0.25, -0.2) is 15.0 Å². The van der Waals surface area contributed by atoms with Crippen molar-refractivity contribution >= 4 is 72.1 Å². The highest BCUT2D eigenvalue weighted by molar-refractivity contribution is 7.83. The van der Waals surface area contributed by atoms with E-state index < -0.39 is 21.0 Å². The molecule has 5 rings (SSSR count). The summed E-state index contributed by atoms with van der Waals surface area (Å²) in [6.07, 6.45) is 6.96. The van der Waals surface area contributed by atoms with E-state index in [0.29, 0.717) is 17.1 Å². The molecule has 0 saturated carbocycles. The van der Waals surface area contributed by atoms with E-state index in [0.717, 1.165) is 22.0 Å². The number of aryl methyl sites for hydroxylation is 1. The lowest BCUT2D eigenvalue weighted by atomic mass is 9.32. The average molecular weight is 512 g/mol. The molecule has 3 aromatic heterocycles. The summed E-state index contributed by atoms with van der Waals surface area (Å²) in [6.45, 7) is 7.18. The smallest absolute Gasteiger partial charge is 0.133 e. The number of anilines is 2. The lowest BCUT2D eigenvalue weighted by Gasteiger charge is -2.45. The predicted molar refractivity (Wildman–Crippen MR) is 160 cm³/mol. The van der Waals surface area contributed by atoms with Crippen molar-refractivity contribution < 1.29 is 5.11 Å². The number of nitrogens with zero attached hydrogens (tertiary/aromatic N) is 5. The van der Waals surface area contributed by atoms with E-state index in [4.69, 9.17) is 31.4 Å². The number of nitrogens with one attached hydrogen (secondary N) is 1. The van der Waals surface area contributed by atoms with Gasteiger partial charge < -0.3 is 19.9 Å². The van der Waals surface area contributed by atoms with Crippen LogP contribution in [0.5, 0.6) is 0 Å². The van der Waals surface area contributed by atoms with Crippen LogP contribution >= 0.6 is 12.6 Å². The van der Waals surface area contributed by atoms with Crippen LogP contribution in [0.2, 0.25) is 10.5 Å². The van der Waals surface area contributed by atoms with E-state index in [9.17, 15) is 5.11 Å². The largest absolute Gasteiger partial charge is 0.371 e. The molecule has 182 valence electrons. The number of rotatable bonds is 5. The minimum atomic E-state index is -1.78. The Kier molecular flexibility index (Phi) is 6.08. The van der Waals surface area contributed by atoms with Gasteiger partial charge in [0, 0.05) is 46.4 Å². The highest BCUT2D eigenvalue weighted by Gasteiger charge is 2.67. The zero-order valence-electron chi connectivity index (χ0n) is 21.4. The van der Waals surface area contributed by atoms with E-state index in [1.807, 2.05) is 36.0 Å². The highest BCUT2D eigenvalue weighted by Crippen LogP contribution is 2.68. The lowest BCUT2D eigenvalue weighted by Crippen LogP contribution is -2.54. The Morgan fingerprint density at radius 1 is 1.03 bits per heavy atom. The summed E-state index contributed by atoms with van der Waals surface area (Å²) in [7, 11) is 27.4. The third-order valence-electron chi connectivity index (χ3n) is 7.66. The maximum Gasteiger partial charge on any atom is 0.133 e. The SMILES string of the molecule is [B]C1(S)N(c2cc(C(=C)Nc3cc4cc(-c5cncn5C)ccc4cn3)ccn2)C(C)(O)C([B])(C)C1([B])[B]. The Morgan fingerprint density at radius 3 is 2.39 bits per heavy atom. The monoisotopic (exact) mass is 512 g/mol. The van der Waals surface area contributed by atoms with E-state index >= 15 is 0 Å². The molecule has 2 N–H and O–H groups in total. The molecular weight excluding hydrogens is 488 g/mol. The molecule has 0 spiro atoms. The van der Waals surface area contributed by atoms with Gasteiger partial charge in [-0.05, 0) is 41.9 Å². The van der Waals surface area contributed by atoms with Gasteiger partial charge in [0.25, 0.3) is 0 Å². The van der Waals surface area contributed by atoms with Crippen molar-refractivity contribution in [2.75, 3.05) is 10.2 Å². The topological polar surface area (TPSA) is 79.1 Å². The molecule has 3 atom stereocenters. The summed E-state index contributed by atoms with van der Waals surface area (Å²) in [5.41, 5.74) is 1.50. The van der Waals surface area contributed by atoms with E-state index in [1.165, 1.54) is 18.7 Å². The Labute approximate surface area is 233 Å². The van der Waals surface area contributed by atoms with Crippen LogP contribution in [0.3, 0.4) is 0 Å². The van der Waals surface area contributed by atoms with Crippen LogP contribution in [0.25, 0.3) is 27.7 Å². The van der Waals surface area contributed by atoms with Crippen molar-refractivity contribution in [3.63, 3.8) is 0 Å². The van der Waals surface area contributed by atoms with Crippen LogP contribution in [-0.4, -0.2) is 66.5 Å². The van der Waals surface area contributed by atoms with Gasteiger partial charge in [-0.3, -0.25) is 0 Å². The minimum absolute atomic E-state index is 0.273. The number of fused-ring (bicyclic) bond motifs is 1. The maximum absolute atomic E-state index is 11.4. The first-order valence-corrected chi connectivity index (χ1v) is 12.3. The van der Waals surface area contributed by atoms with Crippen molar-refractivity contribution in [2.24, 2.45) is 7.05 Å². The molecule has 1 aliphatic rings. The van der Waals surface area contributed by atoms with Crippen molar-refractivity contribution in [1.82, 2.24) is 19.5 Å². The third-order valence-corrected chi connectivity index (χ3v) is 8.23. The second kappa shape index (κ2) is 8.71. The Bertz CT molecular complexity index is 1540. The van der Waals surface area contributed by atoms with Crippen LogP contribution < -0.4 is 10.2 Å². The Morgan fingerprint density at radius 2 is 1.76 bits per heavy atom. The molecular formula is C26H24B4N6OS. The molecule has 1 saturated heterocycles. The number of benzene rings is 1. The summed E-state index contributed by atoms with van der Waals surface area (Å²) in [5.74, 6) is 0.880. The molecule has 3 unspecified atom stereocenters. The molecule has 38 heavy (non-hydrogen) atoms. The van der Waals surface area contributed by atoms with E-state index in [-0.39, 0.29) is 5.82 Å². The van der Waals surface area contributed by atoms with Crippen molar-refractivity contribution in [3.8, 4) is 11.3 Å².